The van der Waals surface area contributed by atoms with Crippen molar-refractivity contribution >= 4 is 0 Å². The third-order valence-corrected chi connectivity index (χ3v) is 9.40. The van der Waals surface area contributed by atoms with Gasteiger partial charge in [-0.05, 0) is 66.0 Å². The van der Waals surface area contributed by atoms with E-state index in [4.69, 9.17) is 9.72 Å². The number of nitrogens with zero attached hydrogens (tertiary/aromatic N) is 1. The van der Waals surface area contributed by atoms with Gasteiger partial charge in [0.05, 0.1) is 17.4 Å². The van der Waals surface area contributed by atoms with Gasteiger partial charge in [0.2, 0.25) is 0 Å². The summed E-state index contributed by atoms with van der Waals surface area (Å²) in [5.74, 6) is 0.521. The molecule has 0 radical (unpaired) electrons. The van der Waals surface area contributed by atoms with Crippen molar-refractivity contribution < 1.29 is 9.84 Å². The predicted octanol–water partition coefficient (Wildman–Crippen LogP) is 7.93. The average molecular weight is 474 g/mol. The van der Waals surface area contributed by atoms with E-state index in [2.05, 4.69) is 58.9 Å². The van der Waals surface area contributed by atoms with Gasteiger partial charge >= 0.3 is 0 Å². The van der Waals surface area contributed by atoms with E-state index in [-0.39, 0.29) is 22.5 Å². The predicted molar refractivity (Wildman–Crippen MR) is 141 cm³/mol. The second kappa shape index (κ2) is 8.15. The monoisotopic (exact) mass is 473 g/mol. The lowest BCUT2D eigenvalue weighted by atomic mass is 9.70. The van der Waals surface area contributed by atoms with Crippen LogP contribution in [0.5, 0.6) is 0 Å². The van der Waals surface area contributed by atoms with E-state index in [9.17, 15) is 5.11 Å². The van der Waals surface area contributed by atoms with Crippen LogP contribution in [0.3, 0.4) is 0 Å². The molecule has 2 atom stereocenters. The Morgan fingerprint density at radius 3 is 2.23 bits per heavy atom. The Balaban J connectivity index is 1.57. The molecule has 2 aromatic rings. The summed E-state index contributed by atoms with van der Waals surface area (Å²) in [5, 5.41) is 11.5. The number of aliphatic hydroxyl groups is 1. The summed E-state index contributed by atoms with van der Waals surface area (Å²) in [7, 11) is 0. The molecule has 0 saturated heterocycles. The van der Waals surface area contributed by atoms with E-state index in [1.165, 1.54) is 66.5 Å². The average Bonchev–Trinajstić information content (AvgIpc) is 3.54. The smallest absolute Gasteiger partial charge is 0.111 e. The molecule has 1 N–H and O–H groups in total. The van der Waals surface area contributed by atoms with Crippen LogP contribution in [-0.2, 0) is 22.2 Å². The van der Waals surface area contributed by atoms with Gasteiger partial charge in [0, 0.05) is 22.7 Å². The highest BCUT2D eigenvalue weighted by Crippen LogP contribution is 2.60. The van der Waals surface area contributed by atoms with Crippen molar-refractivity contribution in [3.8, 4) is 0 Å². The second-order valence-electron chi connectivity index (χ2n) is 13.8. The molecule has 35 heavy (non-hydrogen) atoms. The Morgan fingerprint density at radius 2 is 1.60 bits per heavy atom. The Kier molecular flexibility index (Phi) is 5.51. The maximum Gasteiger partial charge on any atom is 0.111 e. The highest BCUT2D eigenvalue weighted by Gasteiger charge is 2.53. The van der Waals surface area contributed by atoms with Gasteiger partial charge in [0.25, 0.3) is 0 Å². The summed E-state index contributed by atoms with van der Waals surface area (Å²) in [5.41, 5.74) is 8.83. The zero-order chi connectivity index (χ0) is 24.6. The first-order chi connectivity index (χ1) is 16.6. The van der Waals surface area contributed by atoms with Crippen molar-refractivity contribution in [3.63, 3.8) is 0 Å². The van der Waals surface area contributed by atoms with Crippen LogP contribution in [0.1, 0.15) is 150 Å². The quantitative estimate of drug-likeness (QED) is 0.481. The molecule has 0 bridgehead atoms. The van der Waals surface area contributed by atoms with Crippen LogP contribution in [0.4, 0.5) is 0 Å². The highest BCUT2D eigenvalue weighted by molar-refractivity contribution is 5.55. The van der Waals surface area contributed by atoms with Crippen molar-refractivity contribution in [2.45, 2.75) is 128 Å². The lowest BCUT2D eigenvalue weighted by Crippen LogP contribution is -2.32. The summed E-state index contributed by atoms with van der Waals surface area (Å²) in [4.78, 5) is 5.46. The first kappa shape index (κ1) is 23.7. The molecule has 3 nitrogen and oxygen atoms in total. The molecular weight excluding hydrogens is 430 g/mol. The van der Waals surface area contributed by atoms with E-state index in [0.717, 1.165) is 36.9 Å². The Labute approximate surface area is 211 Å². The standard InChI is InChI=1S/C32H43NO2/c1-30(2,3)22-14-12-21(13-15-22)29-26-27(32(35-29)16-8-9-17-32)25-23(18-31(4,5)19-24(25)34)33-28(26)20-10-6-7-11-20/h12-15,20,24,29,34H,6-11,16-19H2,1-5H3/t24-,29+/m0/s1. The maximum absolute atomic E-state index is 11.5. The van der Waals surface area contributed by atoms with Crippen molar-refractivity contribution in [1.29, 1.82) is 0 Å². The lowest BCUT2D eigenvalue weighted by molar-refractivity contribution is -0.0580. The van der Waals surface area contributed by atoms with Gasteiger partial charge in [-0.2, -0.15) is 0 Å². The molecular formula is C32H43NO2. The van der Waals surface area contributed by atoms with Gasteiger partial charge in [-0.15, -0.1) is 0 Å². The largest absolute Gasteiger partial charge is 0.388 e. The fourth-order valence-electron chi connectivity index (χ4n) is 7.64. The van der Waals surface area contributed by atoms with E-state index in [0.29, 0.717) is 5.92 Å². The summed E-state index contributed by atoms with van der Waals surface area (Å²) in [6.45, 7) is 11.4. The summed E-state index contributed by atoms with van der Waals surface area (Å²) < 4.78 is 7.21. The summed E-state index contributed by atoms with van der Waals surface area (Å²) in [6.07, 6.45) is 10.8. The van der Waals surface area contributed by atoms with Gasteiger partial charge in [0.15, 0.2) is 0 Å². The minimum Gasteiger partial charge on any atom is -0.388 e. The molecule has 1 aromatic carbocycles. The number of aliphatic hydroxyl groups excluding tert-OH is 1. The van der Waals surface area contributed by atoms with Crippen LogP contribution in [0.15, 0.2) is 24.3 Å². The van der Waals surface area contributed by atoms with Crippen molar-refractivity contribution in [3.05, 3.63) is 63.5 Å². The Morgan fingerprint density at radius 1 is 0.943 bits per heavy atom. The zero-order valence-electron chi connectivity index (χ0n) is 22.4. The number of benzene rings is 1. The Hall–Kier alpha value is -1.71. The minimum absolute atomic E-state index is 0.0745. The van der Waals surface area contributed by atoms with Crippen molar-refractivity contribution in [2.75, 3.05) is 0 Å². The van der Waals surface area contributed by atoms with Gasteiger partial charge in [-0.25, -0.2) is 0 Å². The molecule has 4 aliphatic rings. The van der Waals surface area contributed by atoms with Crippen LogP contribution in [0, 0.1) is 5.41 Å². The molecule has 3 heteroatoms. The third-order valence-electron chi connectivity index (χ3n) is 9.40. The van der Waals surface area contributed by atoms with Crippen LogP contribution in [-0.4, -0.2) is 10.1 Å². The van der Waals surface area contributed by atoms with Crippen LogP contribution >= 0.6 is 0 Å². The molecule has 6 rings (SSSR count). The molecule has 2 heterocycles. The number of hydrogen-bond donors (Lipinski definition) is 1. The third kappa shape index (κ3) is 3.89. The van der Waals surface area contributed by atoms with E-state index >= 15 is 0 Å². The van der Waals surface area contributed by atoms with Gasteiger partial charge < -0.3 is 9.84 Å². The number of rotatable bonds is 2. The molecule has 3 aliphatic carbocycles. The number of aromatic nitrogens is 1. The van der Waals surface area contributed by atoms with Crippen LogP contribution in [0.25, 0.3) is 0 Å². The molecule has 1 aromatic heterocycles. The lowest BCUT2D eigenvalue weighted by Gasteiger charge is -2.38. The first-order valence-corrected chi connectivity index (χ1v) is 14.1. The van der Waals surface area contributed by atoms with Gasteiger partial charge in [-0.1, -0.05) is 84.6 Å². The van der Waals surface area contributed by atoms with Gasteiger partial charge in [-0.3, -0.25) is 4.98 Å². The van der Waals surface area contributed by atoms with E-state index in [1.54, 1.807) is 0 Å². The molecule has 2 fully saturated rings. The van der Waals surface area contributed by atoms with Crippen LogP contribution < -0.4 is 0 Å². The van der Waals surface area contributed by atoms with E-state index < -0.39 is 6.10 Å². The molecule has 0 amide bonds. The number of fused-ring (bicyclic) bond motifs is 4. The fraction of sp³-hybridized carbons (Fsp3) is 0.656. The number of pyridine rings is 1. The Bertz CT molecular complexity index is 1110. The zero-order valence-corrected chi connectivity index (χ0v) is 22.4. The summed E-state index contributed by atoms with van der Waals surface area (Å²) in [6, 6.07) is 9.16. The first-order valence-electron chi connectivity index (χ1n) is 14.1. The highest BCUT2D eigenvalue weighted by atomic mass is 16.5. The normalized spacial score (nSPS) is 27.4. The second-order valence-corrected chi connectivity index (χ2v) is 13.8. The topological polar surface area (TPSA) is 42.4 Å². The minimum atomic E-state index is -0.448. The number of hydrogen-bond acceptors (Lipinski definition) is 3. The molecule has 2 saturated carbocycles. The maximum atomic E-state index is 11.5. The van der Waals surface area contributed by atoms with Crippen molar-refractivity contribution in [2.24, 2.45) is 5.41 Å². The fourth-order valence-corrected chi connectivity index (χ4v) is 7.64. The molecule has 1 aliphatic heterocycles. The molecule has 0 unspecified atom stereocenters. The number of ether oxygens (including phenoxy) is 1. The molecule has 1 spiro atoms. The molecule has 188 valence electrons. The van der Waals surface area contributed by atoms with Crippen molar-refractivity contribution in [1.82, 2.24) is 4.98 Å². The summed E-state index contributed by atoms with van der Waals surface area (Å²) >= 11 is 0. The SMILES string of the molecule is CC1(C)Cc2nc(C3CCCC3)c3c(c2[C@@H](O)C1)C1(CCCC1)O[C@@H]3c1ccc(C(C)(C)C)cc1. The van der Waals surface area contributed by atoms with Gasteiger partial charge in [0.1, 0.15) is 6.10 Å². The van der Waals surface area contributed by atoms with Crippen LogP contribution in [0.2, 0.25) is 0 Å². The van der Waals surface area contributed by atoms with E-state index in [1.807, 2.05) is 0 Å².